The molecule has 1 N–H and O–H groups in total. The number of aromatic nitrogens is 1. The van der Waals surface area contributed by atoms with Crippen molar-refractivity contribution < 1.29 is 4.79 Å². The zero-order valence-corrected chi connectivity index (χ0v) is 15.6. The second-order valence-corrected chi connectivity index (χ2v) is 6.77. The molecule has 1 saturated heterocycles. The van der Waals surface area contributed by atoms with Crippen LogP contribution in [-0.2, 0) is 6.42 Å². The summed E-state index contributed by atoms with van der Waals surface area (Å²) < 4.78 is 0. The van der Waals surface area contributed by atoms with Crippen LogP contribution in [-0.4, -0.2) is 42.1 Å². The van der Waals surface area contributed by atoms with Gasteiger partial charge in [0.1, 0.15) is 0 Å². The van der Waals surface area contributed by atoms with Crippen LogP contribution in [0.3, 0.4) is 0 Å². The Balaban J connectivity index is 1.43. The van der Waals surface area contributed by atoms with E-state index in [1.807, 2.05) is 35.4 Å². The number of aryl methyl sites for hydroxylation is 1. The highest BCUT2D eigenvalue weighted by molar-refractivity contribution is 5.92. The van der Waals surface area contributed by atoms with Crippen LogP contribution in [0.1, 0.15) is 12.5 Å². The highest BCUT2D eigenvalue weighted by Gasteiger charge is 2.22. The molecule has 1 aliphatic rings. The topological polar surface area (TPSA) is 48.5 Å². The van der Waals surface area contributed by atoms with E-state index in [4.69, 9.17) is 0 Å². The molecule has 2 heterocycles. The maximum absolute atomic E-state index is 12.7. The van der Waals surface area contributed by atoms with E-state index >= 15 is 0 Å². The second kappa shape index (κ2) is 7.66. The van der Waals surface area contributed by atoms with Crippen molar-refractivity contribution in [3.8, 4) is 0 Å². The first kappa shape index (κ1) is 17.3. The van der Waals surface area contributed by atoms with E-state index in [1.54, 1.807) is 0 Å². The molecule has 0 saturated carbocycles. The molecular weight excluding hydrogens is 336 g/mol. The Kier molecular flexibility index (Phi) is 4.92. The minimum absolute atomic E-state index is 0.0217. The Morgan fingerprint density at radius 1 is 1.00 bits per heavy atom. The molecule has 27 heavy (non-hydrogen) atoms. The minimum Gasteiger partial charge on any atom is -0.366 e. The lowest BCUT2D eigenvalue weighted by Gasteiger charge is -2.36. The number of carbonyl (C=O) groups is 1. The van der Waals surface area contributed by atoms with Gasteiger partial charge in [-0.05, 0) is 30.2 Å². The number of nitrogens with one attached hydrogen (secondary N) is 1. The fraction of sp³-hybridized carbons (Fsp3) is 0.273. The summed E-state index contributed by atoms with van der Waals surface area (Å²) >= 11 is 0. The predicted octanol–water partition coefficient (Wildman–Crippen LogP) is 4.15. The number of urea groups is 1. The third kappa shape index (κ3) is 3.58. The van der Waals surface area contributed by atoms with Crippen molar-refractivity contribution in [2.45, 2.75) is 13.3 Å². The predicted molar refractivity (Wildman–Crippen MR) is 110 cm³/mol. The minimum atomic E-state index is -0.0217. The van der Waals surface area contributed by atoms with Crippen LogP contribution < -0.4 is 10.2 Å². The average Bonchev–Trinajstić information content (AvgIpc) is 2.74. The summed E-state index contributed by atoms with van der Waals surface area (Å²) in [6, 6.07) is 18.3. The number of hydrogen-bond acceptors (Lipinski definition) is 3. The molecule has 138 valence electrons. The number of fused-ring (bicyclic) bond motifs is 1. The van der Waals surface area contributed by atoms with E-state index in [0.717, 1.165) is 47.4 Å². The normalized spacial score (nSPS) is 14.4. The first-order valence-electron chi connectivity index (χ1n) is 9.49. The number of hydrogen-bond donors (Lipinski definition) is 1. The van der Waals surface area contributed by atoms with Gasteiger partial charge in [0.2, 0.25) is 0 Å². The molecule has 0 spiro atoms. The number of nitrogens with zero attached hydrogens (tertiary/aromatic N) is 3. The third-order valence-electron chi connectivity index (χ3n) is 5.16. The number of benzene rings is 2. The lowest BCUT2D eigenvalue weighted by molar-refractivity contribution is 0.208. The molecule has 0 radical (unpaired) electrons. The first-order chi connectivity index (χ1) is 13.3. The Labute approximate surface area is 159 Å². The van der Waals surface area contributed by atoms with Gasteiger partial charge >= 0.3 is 6.03 Å². The smallest absolute Gasteiger partial charge is 0.321 e. The van der Waals surface area contributed by atoms with E-state index in [1.165, 1.54) is 0 Å². The number of pyridine rings is 1. The molecule has 4 rings (SSSR count). The van der Waals surface area contributed by atoms with Crippen molar-refractivity contribution in [2.75, 3.05) is 36.4 Å². The maximum Gasteiger partial charge on any atom is 0.321 e. The van der Waals surface area contributed by atoms with Gasteiger partial charge < -0.3 is 15.1 Å². The van der Waals surface area contributed by atoms with Gasteiger partial charge in [-0.15, -0.1) is 0 Å². The lowest BCUT2D eigenvalue weighted by atomic mass is 10.1. The van der Waals surface area contributed by atoms with E-state index in [0.29, 0.717) is 13.1 Å². The summed E-state index contributed by atoms with van der Waals surface area (Å²) in [6.07, 6.45) is 2.74. The third-order valence-corrected chi connectivity index (χ3v) is 5.16. The van der Waals surface area contributed by atoms with Crippen LogP contribution in [0.15, 0.2) is 60.8 Å². The molecule has 0 bridgehead atoms. The zero-order chi connectivity index (χ0) is 18.6. The fourth-order valence-corrected chi connectivity index (χ4v) is 3.64. The number of rotatable bonds is 3. The molecule has 2 amide bonds. The van der Waals surface area contributed by atoms with Crippen LogP contribution in [0.25, 0.3) is 10.9 Å². The van der Waals surface area contributed by atoms with Crippen molar-refractivity contribution in [1.82, 2.24) is 9.88 Å². The molecule has 0 atom stereocenters. The molecule has 2 aromatic carbocycles. The largest absolute Gasteiger partial charge is 0.366 e. The van der Waals surface area contributed by atoms with Crippen LogP contribution in [0.5, 0.6) is 0 Å². The summed E-state index contributed by atoms with van der Waals surface area (Å²) in [7, 11) is 0. The van der Waals surface area contributed by atoms with Gasteiger partial charge in [0.25, 0.3) is 0 Å². The van der Waals surface area contributed by atoms with Gasteiger partial charge in [0, 0.05) is 43.4 Å². The summed E-state index contributed by atoms with van der Waals surface area (Å²) in [4.78, 5) is 21.4. The van der Waals surface area contributed by atoms with Crippen LogP contribution >= 0.6 is 0 Å². The Morgan fingerprint density at radius 2 is 1.78 bits per heavy atom. The summed E-state index contributed by atoms with van der Waals surface area (Å²) in [5, 5.41) is 4.22. The van der Waals surface area contributed by atoms with Crippen molar-refractivity contribution in [1.29, 1.82) is 0 Å². The molecule has 5 nitrogen and oxygen atoms in total. The number of carbonyl (C=O) groups excluding carboxylic acids is 1. The zero-order valence-electron chi connectivity index (χ0n) is 15.6. The standard InChI is InChI=1S/C22H24N4O/c1-2-17-7-3-4-10-19(17)24-22(27)26-15-13-25(14-16-26)20-11-5-8-18-9-6-12-23-21(18)20/h3-12H,2,13-16H2,1H3,(H,24,27). The number of para-hydroxylation sites is 2. The quantitative estimate of drug-likeness (QED) is 0.763. The summed E-state index contributed by atoms with van der Waals surface area (Å²) in [5.74, 6) is 0. The Bertz CT molecular complexity index is 942. The van der Waals surface area contributed by atoms with Crippen molar-refractivity contribution >= 4 is 28.3 Å². The van der Waals surface area contributed by atoms with Crippen LogP contribution in [0, 0.1) is 0 Å². The molecule has 3 aromatic rings. The fourth-order valence-electron chi connectivity index (χ4n) is 3.64. The molecule has 5 heteroatoms. The van der Waals surface area contributed by atoms with Crippen LogP contribution in [0.4, 0.5) is 16.2 Å². The average molecular weight is 360 g/mol. The van der Waals surface area contributed by atoms with Gasteiger partial charge in [-0.1, -0.05) is 43.3 Å². The summed E-state index contributed by atoms with van der Waals surface area (Å²) in [6.45, 7) is 5.10. The lowest BCUT2D eigenvalue weighted by Crippen LogP contribution is -2.50. The number of anilines is 2. The van der Waals surface area contributed by atoms with Crippen molar-refractivity contribution in [3.05, 3.63) is 66.4 Å². The van der Waals surface area contributed by atoms with E-state index in [2.05, 4.69) is 52.5 Å². The molecule has 0 aliphatic carbocycles. The molecule has 1 fully saturated rings. The van der Waals surface area contributed by atoms with Gasteiger partial charge in [0.15, 0.2) is 0 Å². The van der Waals surface area contributed by atoms with Gasteiger partial charge in [-0.25, -0.2) is 4.79 Å². The molecule has 1 aliphatic heterocycles. The highest BCUT2D eigenvalue weighted by atomic mass is 16.2. The summed E-state index contributed by atoms with van der Waals surface area (Å²) in [5.41, 5.74) is 4.23. The second-order valence-electron chi connectivity index (χ2n) is 6.77. The van der Waals surface area contributed by atoms with E-state index in [9.17, 15) is 4.79 Å². The van der Waals surface area contributed by atoms with Gasteiger partial charge in [0.05, 0.1) is 11.2 Å². The molecule has 1 aromatic heterocycles. The van der Waals surface area contributed by atoms with Crippen LogP contribution in [0.2, 0.25) is 0 Å². The van der Waals surface area contributed by atoms with Gasteiger partial charge in [-0.3, -0.25) is 4.98 Å². The first-order valence-corrected chi connectivity index (χ1v) is 9.49. The Morgan fingerprint density at radius 3 is 2.59 bits per heavy atom. The van der Waals surface area contributed by atoms with Crippen molar-refractivity contribution in [2.24, 2.45) is 0 Å². The SMILES string of the molecule is CCc1ccccc1NC(=O)N1CCN(c2cccc3cccnc23)CC1. The highest BCUT2D eigenvalue weighted by Crippen LogP contribution is 2.26. The van der Waals surface area contributed by atoms with E-state index in [-0.39, 0.29) is 6.03 Å². The number of amides is 2. The monoisotopic (exact) mass is 360 g/mol. The number of piperazine rings is 1. The Hall–Kier alpha value is -3.08. The van der Waals surface area contributed by atoms with E-state index < -0.39 is 0 Å². The van der Waals surface area contributed by atoms with Crippen molar-refractivity contribution in [3.63, 3.8) is 0 Å². The maximum atomic E-state index is 12.7. The molecular formula is C22H24N4O. The van der Waals surface area contributed by atoms with Gasteiger partial charge in [-0.2, -0.15) is 0 Å². The molecule has 0 unspecified atom stereocenters.